The number of hydrogen-bond donors (Lipinski definition) is 2. The molecule has 6 aliphatic heterocycles. The lowest BCUT2D eigenvalue weighted by molar-refractivity contribution is -0.136. The largest absolute Gasteiger partial charge is 0.457 e. The Labute approximate surface area is 400 Å². The first-order valence-corrected chi connectivity index (χ1v) is 24.6. The summed E-state index contributed by atoms with van der Waals surface area (Å²) in [7, 11) is 0. The lowest BCUT2D eigenvalue weighted by Gasteiger charge is -2.44. The van der Waals surface area contributed by atoms with E-state index in [2.05, 4.69) is 34.6 Å². The number of nitrogen functional groups attached to an aromatic ring is 1. The van der Waals surface area contributed by atoms with Gasteiger partial charge in [-0.15, -0.1) is 0 Å². The first kappa shape index (κ1) is 44.6. The minimum absolute atomic E-state index is 0.0902. The monoisotopic (exact) mass is 934 g/mol. The number of piperidine rings is 4. The number of rotatable bonds is 9. The normalized spacial score (nSPS) is 22.4. The van der Waals surface area contributed by atoms with Gasteiger partial charge in [0.05, 0.1) is 22.6 Å². The van der Waals surface area contributed by atoms with Gasteiger partial charge in [0.1, 0.15) is 35.4 Å². The summed E-state index contributed by atoms with van der Waals surface area (Å²) in [6.07, 6.45) is 7.66. The quantitative estimate of drug-likeness (QED) is 0.187. The third kappa shape index (κ3) is 8.86. The highest BCUT2D eigenvalue weighted by atomic mass is 16.5. The van der Waals surface area contributed by atoms with Gasteiger partial charge in [-0.25, -0.2) is 19.4 Å². The number of carbonyl (C=O) groups is 5. The Morgan fingerprint density at radius 1 is 0.725 bits per heavy atom. The van der Waals surface area contributed by atoms with Crippen molar-refractivity contribution in [2.45, 2.75) is 69.5 Å². The number of nitrogens with one attached hydrogen (secondary N) is 1. The fourth-order valence-corrected chi connectivity index (χ4v) is 11.4. The van der Waals surface area contributed by atoms with Gasteiger partial charge in [-0.3, -0.25) is 39.2 Å². The number of urea groups is 1. The minimum Gasteiger partial charge on any atom is -0.457 e. The van der Waals surface area contributed by atoms with Gasteiger partial charge < -0.3 is 25.2 Å². The molecule has 1 unspecified atom stereocenters. The van der Waals surface area contributed by atoms with Crippen LogP contribution >= 0.6 is 0 Å². The number of piperazine rings is 1. The maximum Gasteiger partial charge on any atom is 0.320 e. The summed E-state index contributed by atoms with van der Waals surface area (Å²) < 4.78 is 8.10. The van der Waals surface area contributed by atoms with E-state index in [1.807, 2.05) is 65.6 Å². The summed E-state index contributed by atoms with van der Waals surface area (Å²) in [5, 5.41) is 8.19. The highest BCUT2D eigenvalue weighted by Gasteiger charge is 2.45. The standard InChI is InChI=1S/C51H58N12O6/c52-46-44-45(34-8-11-39(12-9-34)69-38-6-2-1-3-7-38)56-63(47(44)54-32-53-46)37-5-4-20-61(31-37)35-18-23-59(24-19-35)51(68)60-27-25-57(26-28-60)30-33-16-21-58(22-17-33)36-10-13-40-41(29-36)50(67)62(49(40)66)42-14-15-43(64)55-48(42)65/h1-3,6-13,29,32-33,35,37,42H,4-5,14-28,30-31H2,(H2,52,53,54)(H,55,64,65)/t37-,42?/m1/s1. The molecular weight excluding hydrogens is 877 g/mol. The molecule has 0 saturated carbocycles. The number of benzene rings is 3. The molecule has 2 aromatic heterocycles. The highest BCUT2D eigenvalue weighted by Crippen LogP contribution is 2.37. The molecule has 18 nitrogen and oxygen atoms in total. The maximum absolute atomic E-state index is 13.8. The number of hydrogen-bond acceptors (Lipinski definition) is 13. The number of imide groups is 2. The number of para-hydroxylation sites is 1. The Hall–Kier alpha value is -6.92. The van der Waals surface area contributed by atoms with E-state index in [-0.39, 0.29) is 24.9 Å². The third-order valence-electron chi connectivity index (χ3n) is 15.2. The predicted molar refractivity (Wildman–Crippen MR) is 258 cm³/mol. The van der Waals surface area contributed by atoms with Crippen LogP contribution in [0.2, 0.25) is 0 Å². The van der Waals surface area contributed by atoms with Crippen molar-refractivity contribution in [1.82, 2.24) is 49.6 Å². The molecular formula is C51H58N12O6. The van der Waals surface area contributed by atoms with Gasteiger partial charge in [-0.1, -0.05) is 18.2 Å². The first-order chi connectivity index (χ1) is 33.6. The number of likely N-dealkylation sites (tertiary alicyclic amines) is 2. The number of nitrogens with two attached hydrogens (primary N) is 1. The average molecular weight is 935 g/mol. The van der Waals surface area contributed by atoms with Crippen molar-refractivity contribution >= 4 is 52.2 Å². The van der Waals surface area contributed by atoms with Gasteiger partial charge in [-0.05, 0) is 112 Å². The lowest BCUT2D eigenvalue weighted by atomic mass is 9.95. The van der Waals surface area contributed by atoms with E-state index < -0.39 is 29.7 Å². The Bertz CT molecular complexity index is 2760. The van der Waals surface area contributed by atoms with Gasteiger partial charge in [0.2, 0.25) is 11.8 Å². The zero-order valence-electron chi connectivity index (χ0n) is 38.7. The molecule has 69 heavy (non-hydrogen) atoms. The molecule has 0 radical (unpaired) electrons. The van der Waals surface area contributed by atoms with E-state index in [0.29, 0.717) is 28.9 Å². The van der Waals surface area contributed by atoms with Crippen molar-refractivity contribution in [1.29, 1.82) is 0 Å². The SMILES string of the molecule is Nc1ncnc2c1c(-c1ccc(Oc3ccccc3)cc1)nn2[C@@H]1CCCN(C2CCN(C(=O)N3CCN(CC4CCN(c5ccc6c(c5)C(=O)N(C5CCC(=O)NC5=O)C6=O)CC4)CC3)CC2)C1. The number of anilines is 2. The second kappa shape index (κ2) is 18.9. The summed E-state index contributed by atoms with van der Waals surface area (Å²) in [5.41, 5.74) is 10.4. The Balaban J connectivity index is 0.639. The van der Waals surface area contributed by atoms with Crippen LogP contribution in [0, 0.1) is 5.92 Å². The Kier molecular flexibility index (Phi) is 12.2. The Morgan fingerprint density at radius 2 is 1.45 bits per heavy atom. The number of fused-ring (bicyclic) bond motifs is 2. The van der Waals surface area contributed by atoms with Crippen molar-refractivity contribution < 1.29 is 28.7 Å². The fourth-order valence-electron chi connectivity index (χ4n) is 11.4. The molecule has 8 heterocycles. The number of aromatic nitrogens is 4. The van der Waals surface area contributed by atoms with Gasteiger partial charge in [0.25, 0.3) is 11.8 Å². The van der Waals surface area contributed by atoms with Crippen molar-refractivity contribution in [3.63, 3.8) is 0 Å². The molecule has 3 aromatic carbocycles. The molecule has 0 spiro atoms. The van der Waals surface area contributed by atoms with E-state index in [9.17, 15) is 24.0 Å². The molecule has 358 valence electrons. The van der Waals surface area contributed by atoms with Crippen LogP contribution in [0.3, 0.4) is 0 Å². The summed E-state index contributed by atoms with van der Waals surface area (Å²) >= 11 is 0. The first-order valence-electron chi connectivity index (χ1n) is 24.6. The summed E-state index contributed by atoms with van der Waals surface area (Å²) in [5.74, 6) is 0.473. The molecule has 5 saturated heterocycles. The van der Waals surface area contributed by atoms with Crippen LogP contribution in [0.1, 0.15) is 78.1 Å². The van der Waals surface area contributed by atoms with Gasteiger partial charge in [-0.2, -0.15) is 5.10 Å². The van der Waals surface area contributed by atoms with Crippen LogP contribution in [-0.2, 0) is 9.59 Å². The highest BCUT2D eigenvalue weighted by molar-refractivity contribution is 6.23. The Morgan fingerprint density at radius 3 is 2.20 bits per heavy atom. The topological polar surface area (TPSA) is 196 Å². The van der Waals surface area contributed by atoms with E-state index >= 15 is 0 Å². The molecule has 0 aliphatic carbocycles. The van der Waals surface area contributed by atoms with Crippen LogP contribution in [-0.4, -0.2) is 158 Å². The molecule has 11 rings (SSSR count). The second-order valence-electron chi connectivity index (χ2n) is 19.4. The molecule has 2 atom stereocenters. The van der Waals surface area contributed by atoms with Gasteiger partial charge >= 0.3 is 6.03 Å². The van der Waals surface area contributed by atoms with Crippen LogP contribution in [0.25, 0.3) is 22.3 Å². The van der Waals surface area contributed by atoms with Crippen molar-refractivity contribution in [3.05, 3.63) is 90.3 Å². The number of nitrogens with zero attached hydrogens (tertiary/aromatic N) is 10. The molecule has 5 fully saturated rings. The van der Waals surface area contributed by atoms with Crippen LogP contribution in [0.4, 0.5) is 16.3 Å². The van der Waals surface area contributed by atoms with Gasteiger partial charge in [0.15, 0.2) is 5.65 Å². The second-order valence-corrected chi connectivity index (χ2v) is 19.4. The summed E-state index contributed by atoms with van der Waals surface area (Å²) in [6.45, 7) is 9.20. The lowest BCUT2D eigenvalue weighted by Crippen LogP contribution is -2.56. The summed E-state index contributed by atoms with van der Waals surface area (Å²) in [4.78, 5) is 86.1. The van der Waals surface area contributed by atoms with E-state index in [1.165, 1.54) is 6.33 Å². The number of ether oxygens (including phenoxy) is 1. The molecule has 6 amide bonds. The number of carbonyl (C=O) groups excluding carboxylic acids is 5. The molecule has 6 aliphatic rings. The van der Waals surface area contributed by atoms with Crippen molar-refractivity contribution in [2.24, 2.45) is 5.92 Å². The van der Waals surface area contributed by atoms with Crippen LogP contribution in [0.5, 0.6) is 11.5 Å². The van der Waals surface area contributed by atoms with E-state index in [4.69, 9.17) is 20.6 Å². The van der Waals surface area contributed by atoms with Gasteiger partial charge in [0, 0.05) is 89.2 Å². The zero-order valence-corrected chi connectivity index (χ0v) is 38.7. The summed E-state index contributed by atoms with van der Waals surface area (Å²) in [6, 6.07) is 22.7. The predicted octanol–water partition coefficient (Wildman–Crippen LogP) is 5.02. The smallest absolute Gasteiger partial charge is 0.320 e. The van der Waals surface area contributed by atoms with Crippen LogP contribution in [0.15, 0.2) is 79.1 Å². The molecule has 3 N–H and O–H groups in total. The van der Waals surface area contributed by atoms with E-state index in [0.717, 1.165) is 155 Å². The number of amides is 6. The van der Waals surface area contributed by atoms with Crippen molar-refractivity contribution in [2.75, 3.05) is 82.6 Å². The fraction of sp³-hybridized carbons (Fsp3) is 0.451. The third-order valence-corrected chi connectivity index (χ3v) is 15.2. The minimum atomic E-state index is -0.977. The molecule has 0 bridgehead atoms. The zero-order chi connectivity index (χ0) is 47.2. The average Bonchev–Trinajstić information content (AvgIpc) is 3.89. The van der Waals surface area contributed by atoms with Crippen molar-refractivity contribution in [3.8, 4) is 22.8 Å². The molecule has 5 aromatic rings. The van der Waals surface area contributed by atoms with Crippen LogP contribution < -0.4 is 20.7 Å². The maximum atomic E-state index is 13.8. The molecule has 18 heteroatoms. The van der Waals surface area contributed by atoms with E-state index in [1.54, 1.807) is 12.1 Å².